The average molecular weight is 330 g/mol. The van der Waals surface area contributed by atoms with Gasteiger partial charge in [-0.25, -0.2) is 15.0 Å². The van der Waals surface area contributed by atoms with Crippen molar-refractivity contribution in [2.75, 3.05) is 25.1 Å². The summed E-state index contributed by atoms with van der Waals surface area (Å²) in [6, 6.07) is 2.04. The Balaban J connectivity index is 1.36. The molecule has 1 aliphatic rings. The second-order valence-corrected chi connectivity index (χ2v) is 6.46. The van der Waals surface area contributed by atoms with Gasteiger partial charge in [0.15, 0.2) is 5.82 Å². The molecule has 23 heavy (non-hydrogen) atoms. The van der Waals surface area contributed by atoms with Crippen LogP contribution in [0.1, 0.15) is 30.4 Å². The third-order valence-electron chi connectivity index (χ3n) is 4.05. The molecule has 0 unspecified atom stereocenters. The van der Waals surface area contributed by atoms with E-state index in [1.807, 2.05) is 11.4 Å². The van der Waals surface area contributed by atoms with Gasteiger partial charge in [0.05, 0.1) is 5.39 Å². The van der Waals surface area contributed by atoms with Gasteiger partial charge in [0.2, 0.25) is 0 Å². The number of anilines is 1. The van der Waals surface area contributed by atoms with Crippen LogP contribution in [-0.2, 0) is 11.2 Å². The zero-order valence-corrected chi connectivity index (χ0v) is 13.5. The van der Waals surface area contributed by atoms with Crippen molar-refractivity contribution < 1.29 is 4.74 Å². The maximum atomic E-state index is 5.38. The number of nitrogens with one attached hydrogen (secondary N) is 2. The highest BCUT2D eigenvalue weighted by Gasteiger charge is 2.19. The molecule has 1 saturated heterocycles. The standard InChI is InChI=1S/C15H18N6OS/c1(5-16-14-11-4-8-23-15(11)18-9-17-14)12-19-13(21-20-12)10-2-6-22-7-3-10/h4,8-10H,1-3,5-7H2,(H,16,17,18)(H,19,20,21). The smallest absolute Gasteiger partial charge is 0.153 e. The van der Waals surface area contributed by atoms with Crippen LogP contribution in [0.5, 0.6) is 0 Å². The Morgan fingerprint density at radius 2 is 2.22 bits per heavy atom. The van der Waals surface area contributed by atoms with Crippen molar-refractivity contribution in [1.82, 2.24) is 25.1 Å². The minimum Gasteiger partial charge on any atom is -0.381 e. The average Bonchev–Trinajstić information content (AvgIpc) is 3.25. The molecule has 0 aromatic carbocycles. The first-order valence-electron chi connectivity index (χ1n) is 7.81. The first kappa shape index (κ1) is 14.5. The number of H-pyrrole nitrogens is 1. The van der Waals surface area contributed by atoms with E-state index in [1.54, 1.807) is 17.7 Å². The second kappa shape index (κ2) is 6.59. The summed E-state index contributed by atoms with van der Waals surface area (Å²) < 4.78 is 5.38. The zero-order chi connectivity index (χ0) is 15.5. The van der Waals surface area contributed by atoms with E-state index in [2.05, 4.69) is 30.5 Å². The summed E-state index contributed by atoms with van der Waals surface area (Å²) in [6.07, 6.45) is 4.39. The largest absolute Gasteiger partial charge is 0.381 e. The fraction of sp³-hybridized carbons (Fsp3) is 0.467. The molecular formula is C15H18N6OS. The Kier molecular flexibility index (Phi) is 4.16. The Morgan fingerprint density at radius 3 is 3.13 bits per heavy atom. The quantitative estimate of drug-likeness (QED) is 0.746. The monoisotopic (exact) mass is 330 g/mol. The van der Waals surface area contributed by atoms with Crippen LogP contribution >= 0.6 is 11.3 Å². The molecule has 120 valence electrons. The van der Waals surface area contributed by atoms with E-state index in [1.165, 1.54) is 0 Å². The number of rotatable bonds is 5. The van der Waals surface area contributed by atoms with E-state index in [0.29, 0.717) is 5.92 Å². The highest BCUT2D eigenvalue weighted by Crippen LogP contribution is 2.24. The molecule has 0 atom stereocenters. The normalized spacial score (nSPS) is 16.0. The first-order chi connectivity index (χ1) is 11.4. The number of thiophene rings is 1. The molecule has 2 N–H and O–H groups in total. The molecule has 8 heteroatoms. The maximum Gasteiger partial charge on any atom is 0.153 e. The van der Waals surface area contributed by atoms with Crippen molar-refractivity contribution in [2.45, 2.75) is 25.2 Å². The molecule has 4 heterocycles. The van der Waals surface area contributed by atoms with Gasteiger partial charge in [0, 0.05) is 32.1 Å². The lowest BCUT2D eigenvalue weighted by Crippen LogP contribution is -2.15. The lowest BCUT2D eigenvalue weighted by Gasteiger charge is -2.18. The second-order valence-electron chi connectivity index (χ2n) is 5.57. The minimum atomic E-state index is 0.425. The summed E-state index contributed by atoms with van der Waals surface area (Å²) in [6.45, 7) is 2.37. The highest BCUT2D eigenvalue weighted by molar-refractivity contribution is 7.16. The van der Waals surface area contributed by atoms with Gasteiger partial charge in [-0.3, -0.25) is 5.10 Å². The van der Waals surface area contributed by atoms with Crippen molar-refractivity contribution in [2.24, 2.45) is 0 Å². The van der Waals surface area contributed by atoms with E-state index < -0.39 is 0 Å². The summed E-state index contributed by atoms with van der Waals surface area (Å²) in [7, 11) is 0. The van der Waals surface area contributed by atoms with Gasteiger partial charge in [-0.05, 0) is 24.3 Å². The first-order valence-corrected chi connectivity index (χ1v) is 8.69. The molecule has 4 rings (SSSR count). The Bertz CT molecular complexity index is 779. The Hall–Kier alpha value is -2.06. The van der Waals surface area contributed by atoms with Crippen LogP contribution in [0.25, 0.3) is 10.2 Å². The van der Waals surface area contributed by atoms with Crippen LogP contribution in [0.3, 0.4) is 0 Å². The van der Waals surface area contributed by atoms with Crippen molar-refractivity contribution in [3.8, 4) is 0 Å². The summed E-state index contributed by atoms with van der Waals surface area (Å²) >= 11 is 1.62. The predicted octanol–water partition coefficient (Wildman–Crippen LogP) is 2.36. The zero-order valence-electron chi connectivity index (χ0n) is 12.7. The number of nitrogens with zero attached hydrogens (tertiary/aromatic N) is 4. The molecule has 0 radical (unpaired) electrons. The number of hydrogen-bond acceptors (Lipinski definition) is 7. The van der Waals surface area contributed by atoms with E-state index in [9.17, 15) is 0 Å². The molecule has 1 fully saturated rings. The molecule has 0 saturated carbocycles. The van der Waals surface area contributed by atoms with Gasteiger partial charge in [-0.2, -0.15) is 5.10 Å². The van der Waals surface area contributed by atoms with E-state index >= 15 is 0 Å². The molecule has 7 nitrogen and oxygen atoms in total. The van der Waals surface area contributed by atoms with Crippen molar-refractivity contribution in [3.63, 3.8) is 0 Å². The molecule has 0 amide bonds. The van der Waals surface area contributed by atoms with Crippen LogP contribution in [0.4, 0.5) is 5.82 Å². The lowest BCUT2D eigenvalue weighted by atomic mass is 10.00. The predicted molar refractivity (Wildman–Crippen MR) is 88.8 cm³/mol. The van der Waals surface area contributed by atoms with Crippen molar-refractivity contribution in [1.29, 1.82) is 0 Å². The number of aromatic nitrogens is 5. The number of aromatic amines is 1. The van der Waals surface area contributed by atoms with Gasteiger partial charge < -0.3 is 10.1 Å². The molecule has 0 spiro atoms. The third-order valence-corrected chi connectivity index (χ3v) is 4.87. The number of hydrogen-bond donors (Lipinski definition) is 2. The van der Waals surface area contributed by atoms with Crippen molar-refractivity contribution >= 4 is 27.4 Å². The van der Waals surface area contributed by atoms with Gasteiger partial charge >= 0.3 is 0 Å². The highest BCUT2D eigenvalue weighted by atomic mass is 32.1. The topological polar surface area (TPSA) is 88.6 Å². The molecule has 0 bridgehead atoms. The van der Waals surface area contributed by atoms with Gasteiger partial charge in [0.1, 0.15) is 22.8 Å². The van der Waals surface area contributed by atoms with Gasteiger partial charge in [-0.1, -0.05) is 0 Å². The fourth-order valence-corrected chi connectivity index (χ4v) is 3.52. The summed E-state index contributed by atoms with van der Waals surface area (Å²) in [4.78, 5) is 14.2. The van der Waals surface area contributed by atoms with E-state index in [0.717, 1.165) is 66.7 Å². The summed E-state index contributed by atoms with van der Waals surface area (Å²) in [5.74, 6) is 3.13. The van der Waals surface area contributed by atoms with Crippen LogP contribution in [0, 0.1) is 0 Å². The third kappa shape index (κ3) is 3.18. The molecule has 3 aromatic rings. The van der Waals surface area contributed by atoms with Gasteiger partial charge in [0.25, 0.3) is 0 Å². The minimum absolute atomic E-state index is 0.425. The Labute approximate surface area is 137 Å². The molecule has 0 aliphatic carbocycles. The summed E-state index contributed by atoms with van der Waals surface area (Å²) in [5, 5.41) is 13.9. The molecular weight excluding hydrogens is 312 g/mol. The van der Waals surface area contributed by atoms with Crippen LogP contribution in [0.15, 0.2) is 17.8 Å². The van der Waals surface area contributed by atoms with Crippen LogP contribution < -0.4 is 5.32 Å². The summed E-state index contributed by atoms with van der Waals surface area (Å²) in [5.41, 5.74) is 0. The SMILES string of the molecule is c1nc(NCCc2nc(C3CCOCC3)n[nH]2)c2ccsc2n1. The number of fused-ring (bicyclic) bond motifs is 1. The lowest BCUT2D eigenvalue weighted by molar-refractivity contribution is 0.0836. The number of ether oxygens (including phenoxy) is 1. The van der Waals surface area contributed by atoms with Crippen LogP contribution in [0.2, 0.25) is 0 Å². The molecule has 1 aliphatic heterocycles. The Morgan fingerprint density at radius 1 is 1.30 bits per heavy atom. The fourth-order valence-electron chi connectivity index (χ4n) is 2.79. The van der Waals surface area contributed by atoms with Crippen molar-refractivity contribution in [3.05, 3.63) is 29.4 Å². The van der Waals surface area contributed by atoms with Crippen LogP contribution in [-0.4, -0.2) is 44.9 Å². The maximum absolute atomic E-state index is 5.38. The molecule has 3 aromatic heterocycles. The van der Waals surface area contributed by atoms with E-state index in [4.69, 9.17) is 4.74 Å². The van der Waals surface area contributed by atoms with Gasteiger partial charge in [-0.15, -0.1) is 11.3 Å². The van der Waals surface area contributed by atoms with E-state index in [-0.39, 0.29) is 0 Å².